The number of nitrogens with two attached hydrogens (primary N) is 1. The molecular weight excluding hydrogens is 323 g/mol. The monoisotopic (exact) mass is 346 g/mol. The molecule has 1 fully saturated rings. The average Bonchev–Trinajstić information content (AvgIpc) is 2.49. The number of amides is 1. The van der Waals surface area contributed by atoms with Gasteiger partial charge in [0.25, 0.3) is 0 Å². The topological polar surface area (TPSA) is 46.3 Å². The van der Waals surface area contributed by atoms with E-state index in [1.54, 1.807) is 23.9 Å². The van der Waals surface area contributed by atoms with Crippen LogP contribution in [0.3, 0.4) is 0 Å². The van der Waals surface area contributed by atoms with Crippen LogP contribution in [0.15, 0.2) is 29.2 Å². The van der Waals surface area contributed by atoms with Crippen molar-refractivity contribution in [1.82, 2.24) is 4.90 Å². The number of piperidine rings is 1. The number of halogens is 2. The molecule has 0 aliphatic carbocycles. The lowest BCUT2D eigenvalue weighted by Gasteiger charge is -2.38. The molecule has 1 amide bonds. The van der Waals surface area contributed by atoms with Crippen LogP contribution in [0.5, 0.6) is 0 Å². The van der Waals surface area contributed by atoms with Crippen molar-refractivity contribution in [2.75, 3.05) is 18.8 Å². The number of rotatable bonds is 5. The SMILES string of the molecule is CC1CCN(C(=O)CCSc2ccc(F)cc2)C(CN)C1.Cl. The maximum Gasteiger partial charge on any atom is 0.223 e. The van der Waals surface area contributed by atoms with E-state index in [4.69, 9.17) is 5.73 Å². The second-order valence-corrected chi connectivity index (χ2v) is 6.83. The van der Waals surface area contributed by atoms with Crippen molar-refractivity contribution < 1.29 is 9.18 Å². The highest BCUT2D eigenvalue weighted by Gasteiger charge is 2.28. The maximum absolute atomic E-state index is 12.8. The van der Waals surface area contributed by atoms with Crippen LogP contribution in [0.2, 0.25) is 0 Å². The molecule has 2 rings (SSSR count). The molecule has 0 saturated carbocycles. The molecule has 0 radical (unpaired) electrons. The largest absolute Gasteiger partial charge is 0.338 e. The zero-order valence-corrected chi connectivity index (χ0v) is 14.5. The Bertz CT molecular complexity index is 472. The summed E-state index contributed by atoms with van der Waals surface area (Å²) in [7, 11) is 0. The zero-order valence-electron chi connectivity index (χ0n) is 12.8. The van der Waals surface area contributed by atoms with E-state index in [0.717, 1.165) is 24.3 Å². The smallest absolute Gasteiger partial charge is 0.223 e. The summed E-state index contributed by atoms with van der Waals surface area (Å²) in [4.78, 5) is 15.3. The Morgan fingerprint density at radius 3 is 2.73 bits per heavy atom. The Kier molecular flexibility index (Phi) is 8.21. The molecule has 2 atom stereocenters. The van der Waals surface area contributed by atoms with Crippen LogP contribution in [-0.2, 0) is 4.79 Å². The van der Waals surface area contributed by atoms with Crippen LogP contribution in [0.25, 0.3) is 0 Å². The second kappa shape index (κ2) is 9.38. The highest BCUT2D eigenvalue weighted by molar-refractivity contribution is 7.99. The zero-order chi connectivity index (χ0) is 15.2. The Morgan fingerprint density at radius 1 is 1.41 bits per heavy atom. The summed E-state index contributed by atoms with van der Waals surface area (Å²) in [5.74, 6) is 1.32. The molecule has 2 unspecified atom stereocenters. The van der Waals surface area contributed by atoms with Gasteiger partial charge in [-0.3, -0.25) is 4.79 Å². The number of hydrogen-bond donors (Lipinski definition) is 1. The molecule has 1 aromatic rings. The first-order valence-electron chi connectivity index (χ1n) is 7.48. The number of benzene rings is 1. The van der Waals surface area contributed by atoms with Gasteiger partial charge >= 0.3 is 0 Å². The lowest BCUT2D eigenvalue weighted by molar-refractivity contribution is -0.134. The Hall–Kier alpha value is -0.780. The van der Waals surface area contributed by atoms with Gasteiger partial charge in [0, 0.05) is 36.2 Å². The number of carbonyl (C=O) groups is 1. The quantitative estimate of drug-likeness (QED) is 0.832. The summed E-state index contributed by atoms with van der Waals surface area (Å²) >= 11 is 1.59. The Balaban J connectivity index is 0.00000242. The minimum atomic E-state index is -0.233. The third-order valence-electron chi connectivity index (χ3n) is 3.97. The third kappa shape index (κ3) is 5.45. The molecule has 6 heteroatoms. The van der Waals surface area contributed by atoms with Crippen LogP contribution < -0.4 is 5.73 Å². The Morgan fingerprint density at radius 2 is 2.09 bits per heavy atom. The third-order valence-corrected chi connectivity index (χ3v) is 4.98. The standard InChI is InChI=1S/C16H23FN2OS.ClH/c1-12-6-8-19(14(10-12)11-18)16(20)7-9-21-15-4-2-13(17)3-5-15;/h2-5,12,14H,6-11,18H2,1H3;1H. The van der Waals surface area contributed by atoms with E-state index in [9.17, 15) is 9.18 Å². The molecule has 1 aliphatic rings. The molecule has 0 bridgehead atoms. The second-order valence-electron chi connectivity index (χ2n) is 5.66. The number of carbonyl (C=O) groups excluding carboxylic acids is 1. The molecule has 1 saturated heterocycles. The van der Waals surface area contributed by atoms with Gasteiger partial charge in [-0.1, -0.05) is 6.92 Å². The molecule has 22 heavy (non-hydrogen) atoms. The van der Waals surface area contributed by atoms with Crippen LogP contribution in [0.1, 0.15) is 26.2 Å². The summed E-state index contributed by atoms with van der Waals surface area (Å²) in [6.07, 6.45) is 2.58. The van der Waals surface area contributed by atoms with Crippen molar-refractivity contribution in [3.05, 3.63) is 30.1 Å². The number of nitrogens with zero attached hydrogens (tertiary/aromatic N) is 1. The highest BCUT2D eigenvalue weighted by Crippen LogP contribution is 2.24. The fourth-order valence-electron chi connectivity index (χ4n) is 2.73. The van der Waals surface area contributed by atoms with Crippen molar-refractivity contribution in [3.63, 3.8) is 0 Å². The molecule has 0 spiro atoms. The normalized spacial score (nSPS) is 21.3. The maximum atomic E-state index is 12.8. The van der Waals surface area contributed by atoms with Crippen LogP contribution in [0, 0.1) is 11.7 Å². The van der Waals surface area contributed by atoms with Gasteiger partial charge < -0.3 is 10.6 Å². The van der Waals surface area contributed by atoms with Crippen molar-refractivity contribution in [2.24, 2.45) is 11.7 Å². The van der Waals surface area contributed by atoms with Gasteiger partial charge in [0.05, 0.1) is 0 Å². The van der Waals surface area contributed by atoms with Gasteiger partial charge in [0.1, 0.15) is 5.82 Å². The van der Waals surface area contributed by atoms with E-state index < -0.39 is 0 Å². The van der Waals surface area contributed by atoms with E-state index in [1.165, 1.54) is 12.1 Å². The van der Waals surface area contributed by atoms with Crippen molar-refractivity contribution in [3.8, 4) is 0 Å². The van der Waals surface area contributed by atoms with Crippen LogP contribution >= 0.6 is 24.2 Å². The van der Waals surface area contributed by atoms with Gasteiger partial charge in [0.15, 0.2) is 0 Å². The van der Waals surface area contributed by atoms with E-state index in [1.807, 2.05) is 4.90 Å². The van der Waals surface area contributed by atoms with Crippen molar-refractivity contribution in [1.29, 1.82) is 0 Å². The molecule has 1 aliphatic heterocycles. The van der Waals surface area contributed by atoms with Gasteiger partial charge in [0.2, 0.25) is 5.91 Å². The lowest BCUT2D eigenvalue weighted by atomic mass is 9.92. The minimum Gasteiger partial charge on any atom is -0.338 e. The first-order valence-corrected chi connectivity index (χ1v) is 8.46. The average molecular weight is 347 g/mol. The van der Waals surface area contributed by atoms with Crippen molar-refractivity contribution >= 4 is 30.1 Å². The minimum absolute atomic E-state index is 0. The highest BCUT2D eigenvalue weighted by atomic mass is 35.5. The summed E-state index contributed by atoms with van der Waals surface area (Å²) in [5.41, 5.74) is 5.79. The van der Waals surface area contributed by atoms with E-state index in [-0.39, 0.29) is 30.2 Å². The van der Waals surface area contributed by atoms with Crippen molar-refractivity contribution in [2.45, 2.75) is 37.1 Å². The number of likely N-dealkylation sites (tertiary alicyclic amines) is 1. The lowest BCUT2D eigenvalue weighted by Crippen LogP contribution is -2.49. The summed E-state index contributed by atoms with van der Waals surface area (Å²) < 4.78 is 12.8. The molecule has 1 aromatic carbocycles. The fraction of sp³-hybridized carbons (Fsp3) is 0.562. The summed E-state index contributed by atoms with van der Waals surface area (Å²) in [6.45, 7) is 3.58. The molecule has 2 N–H and O–H groups in total. The number of hydrogen-bond acceptors (Lipinski definition) is 3. The predicted octanol–water partition coefficient (Wildman–Crippen LogP) is 3.32. The van der Waals surface area contributed by atoms with Gasteiger partial charge in [-0.05, 0) is 43.0 Å². The van der Waals surface area contributed by atoms with E-state index >= 15 is 0 Å². The van der Waals surface area contributed by atoms with E-state index in [2.05, 4.69) is 6.92 Å². The van der Waals surface area contributed by atoms with Crippen LogP contribution in [-0.4, -0.2) is 35.7 Å². The summed E-state index contributed by atoms with van der Waals surface area (Å²) in [5, 5.41) is 0. The van der Waals surface area contributed by atoms with E-state index in [0.29, 0.717) is 24.6 Å². The molecule has 1 heterocycles. The van der Waals surface area contributed by atoms with Gasteiger partial charge in [-0.25, -0.2) is 4.39 Å². The first-order chi connectivity index (χ1) is 10.1. The molecular formula is C16H24ClFN2OS. The summed E-state index contributed by atoms with van der Waals surface area (Å²) in [6, 6.07) is 6.57. The number of thioether (sulfide) groups is 1. The molecule has 3 nitrogen and oxygen atoms in total. The van der Waals surface area contributed by atoms with Gasteiger partial charge in [-0.15, -0.1) is 24.2 Å². The first kappa shape index (κ1) is 19.3. The fourth-order valence-corrected chi connectivity index (χ4v) is 3.57. The predicted molar refractivity (Wildman–Crippen MR) is 91.9 cm³/mol. The Labute approximate surface area is 142 Å². The van der Waals surface area contributed by atoms with Gasteiger partial charge in [-0.2, -0.15) is 0 Å². The molecule has 124 valence electrons. The van der Waals surface area contributed by atoms with Crippen LogP contribution in [0.4, 0.5) is 4.39 Å². The molecule has 0 aromatic heterocycles.